The van der Waals surface area contributed by atoms with Gasteiger partial charge in [0.1, 0.15) is 5.75 Å². The molecule has 1 N–H and O–H groups in total. The quantitative estimate of drug-likeness (QED) is 0.852. The van der Waals surface area contributed by atoms with Gasteiger partial charge in [-0.05, 0) is 50.6 Å². The summed E-state index contributed by atoms with van der Waals surface area (Å²) in [5, 5.41) is 4.68. The Morgan fingerprint density at radius 2 is 1.81 bits per heavy atom. The van der Waals surface area contributed by atoms with Gasteiger partial charge in [-0.25, -0.2) is 4.98 Å². The molecule has 1 aromatic heterocycles. The normalized spacial score (nSPS) is 11.5. The molecular formula is C16H18Cl2N2O. The van der Waals surface area contributed by atoms with Crippen LogP contribution in [0.5, 0.6) is 11.6 Å². The fourth-order valence-corrected chi connectivity index (χ4v) is 1.93. The van der Waals surface area contributed by atoms with Crippen LogP contribution in [-0.2, 0) is 6.54 Å². The van der Waals surface area contributed by atoms with Crippen molar-refractivity contribution in [1.29, 1.82) is 0 Å². The highest BCUT2D eigenvalue weighted by Gasteiger charge is 2.11. The van der Waals surface area contributed by atoms with E-state index in [1.165, 1.54) is 0 Å². The van der Waals surface area contributed by atoms with Crippen LogP contribution in [0.25, 0.3) is 0 Å². The highest BCUT2D eigenvalue weighted by atomic mass is 35.5. The SMILES string of the molecule is CC(C)(C)NCc1cc(Oc2ccc(Cl)cc2)ncc1Cl. The minimum absolute atomic E-state index is 0.0177. The molecule has 0 spiro atoms. The summed E-state index contributed by atoms with van der Waals surface area (Å²) in [4.78, 5) is 4.19. The molecule has 0 amide bonds. The average Bonchev–Trinajstić information content (AvgIpc) is 2.41. The third kappa shape index (κ3) is 5.20. The second kappa shape index (κ2) is 6.65. The lowest BCUT2D eigenvalue weighted by molar-refractivity contribution is 0.422. The maximum Gasteiger partial charge on any atom is 0.219 e. The largest absolute Gasteiger partial charge is 0.439 e. The average molecular weight is 325 g/mol. The Labute approximate surface area is 135 Å². The molecule has 0 fully saturated rings. The molecule has 5 heteroatoms. The lowest BCUT2D eigenvalue weighted by Crippen LogP contribution is -2.35. The zero-order valence-corrected chi connectivity index (χ0v) is 13.8. The van der Waals surface area contributed by atoms with E-state index >= 15 is 0 Å². The number of nitrogens with zero attached hydrogens (tertiary/aromatic N) is 1. The number of ether oxygens (including phenoxy) is 1. The third-order valence-electron chi connectivity index (χ3n) is 2.75. The highest BCUT2D eigenvalue weighted by Crippen LogP contribution is 2.25. The summed E-state index contributed by atoms with van der Waals surface area (Å²) in [6.45, 7) is 6.97. The van der Waals surface area contributed by atoms with Crippen LogP contribution >= 0.6 is 23.2 Å². The summed E-state index contributed by atoms with van der Waals surface area (Å²) in [5.41, 5.74) is 0.967. The molecule has 0 saturated heterocycles. The van der Waals surface area contributed by atoms with Crippen molar-refractivity contribution in [3.05, 3.63) is 52.1 Å². The second-order valence-corrected chi connectivity index (χ2v) is 6.62. The Hall–Kier alpha value is -1.29. The summed E-state index contributed by atoms with van der Waals surface area (Å²) >= 11 is 12.0. The predicted molar refractivity (Wildman–Crippen MR) is 87.4 cm³/mol. The first-order valence-corrected chi connectivity index (χ1v) is 7.42. The molecule has 0 radical (unpaired) electrons. The van der Waals surface area contributed by atoms with Crippen LogP contribution < -0.4 is 10.1 Å². The Morgan fingerprint density at radius 3 is 2.43 bits per heavy atom. The van der Waals surface area contributed by atoms with Crippen molar-refractivity contribution in [2.45, 2.75) is 32.9 Å². The van der Waals surface area contributed by atoms with Crippen molar-refractivity contribution in [1.82, 2.24) is 10.3 Å². The van der Waals surface area contributed by atoms with Gasteiger partial charge in [-0.1, -0.05) is 23.2 Å². The van der Waals surface area contributed by atoms with E-state index in [0.29, 0.717) is 28.2 Å². The minimum atomic E-state index is 0.0177. The summed E-state index contributed by atoms with van der Waals surface area (Å²) < 4.78 is 5.70. The Balaban J connectivity index is 2.12. The van der Waals surface area contributed by atoms with Crippen molar-refractivity contribution >= 4 is 23.2 Å². The molecule has 2 rings (SSSR count). The summed E-state index contributed by atoms with van der Waals surface area (Å²) in [6.07, 6.45) is 1.60. The van der Waals surface area contributed by atoms with Crippen LogP contribution in [0.4, 0.5) is 0 Å². The number of rotatable bonds is 4. The van der Waals surface area contributed by atoms with Gasteiger partial charge in [0.05, 0.1) is 5.02 Å². The van der Waals surface area contributed by atoms with Crippen molar-refractivity contribution in [3.8, 4) is 11.6 Å². The highest BCUT2D eigenvalue weighted by molar-refractivity contribution is 6.31. The molecule has 1 heterocycles. The number of nitrogens with one attached hydrogen (secondary N) is 1. The van der Waals surface area contributed by atoms with E-state index in [0.717, 1.165) is 5.56 Å². The van der Waals surface area contributed by atoms with Gasteiger partial charge in [-0.2, -0.15) is 0 Å². The summed E-state index contributed by atoms with van der Waals surface area (Å²) in [6, 6.07) is 8.98. The van der Waals surface area contributed by atoms with Gasteiger partial charge in [0.2, 0.25) is 5.88 Å². The first-order valence-electron chi connectivity index (χ1n) is 6.66. The Kier molecular flexibility index (Phi) is 5.09. The number of benzene rings is 1. The van der Waals surface area contributed by atoms with Crippen LogP contribution in [0.3, 0.4) is 0 Å². The first kappa shape index (κ1) is 16.1. The fourth-order valence-electron chi connectivity index (χ4n) is 1.63. The van der Waals surface area contributed by atoms with Gasteiger partial charge in [-0.15, -0.1) is 0 Å². The van der Waals surface area contributed by atoms with Gasteiger partial charge in [0.15, 0.2) is 0 Å². The monoisotopic (exact) mass is 324 g/mol. The van der Waals surface area contributed by atoms with E-state index in [2.05, 4.69) is 31.1 Å². The molecular weight excluding hydrogens is 307 g/mol. The third-order valence-corrected chi connectivity index (χ3v) is 3.35. The molecule has 2 aromatic rings. The van der Waals surface area contributed by atoms with Gasteiger partial charge in [0.25, 0.3) is 0 Å². The Morgan fingerprint density at radius 1 is 1.14 bits per heavy atom. The zero-order valence-electron chi connectivity index (χ0n) is 12.3. The lowest BCUT2D eigenvalue weighted by atomic mass is 10.1. The van der Waals surface area contributed by atoms with E-state index in [4.69, 9.17) is 27.9 Å². The van der Waals surface area contributed by atoms with Gasteiger partial charge >= 0.3 is 0 Å². The fraction of sp³-hybridized carbons (Fsp3) is 0.312. The standard InChI is InChI=1S/C16H18Cl2N2O/c1-16(2,3)20-9-11-8-15(19-10-14(11)18)21-13-6-4-12(17)5-7-13/h4-8,10,20H,9H2,1-3H3. The molecule has 0 aliphatic carbocycles. The van der Waals surface area contributed by atoms with Gasteiger partial charge in [-0.3, -0.25) is 0 Å². The number of aromatic nitrogens is 1. The molecule has 0 atom stereocenters. The maximum atomic E-state index is 6.17. The second-order valence-electron chi connectivity index (χ2n) is 5.77. The van der Waals surface area contributed by atoms with Crippen molar-refractivity contribution in [2.75, 3.05) is 0 Å². The summed E-state index contributed by atoms with van der Waals surface area (Å²) in [7, 11) is 0. The van der Waals surface area contributed by atoms with Crippen LogP contribution in [0, 0.1) is 0 Å². The minimum Gasteiger partial charge on any atom is -0.439 e. The molecule has 112 valence electrons. The van der Waals surface area contributed by atoms with Gasteiger partial charge in [0, 0.05) is 29.4 Å². The van der Waals surface area contributed by atoms with Gasteiger partial charge < -0.3 is 10.1 Å². The molecule has 0 aliphatic heterocycles. The smallest absolute Gasteiger partial charge is 0.219 e. The number of halogens is 2. The molecule has 0 aliphatic rings. The maximum absolute atomic E-state index is 6.17. The number of hydrogen-bond acceptors (Lipinski definition) is 3. The van der Waals surface area contributed by atoms with E-state index < -0.39 is 0 Å². The van der Waals surface area contributed by atoms with E-state index in [9.17, 15) is 0 Å². The van der Waals surface area contributed by atoms with Crippen molar-refractivity contribution < 1.29 is 4.74 Å². The van der Waals surface area contributed by atoms with E-state index in [1.54, 1.807) is 30.5 Å². The molecule has 21 heavy (non-hydrogen) atoms. The van der Waals surface area contributed by atoms with E-state index in [1.807, 2.05) is 6.07 Å². The van der Waals surface area contributed by atoms with Crippen LogP contribution in [0.15, 0.2) is 36.5 Å². The number of hydrogen-bond donors (Lipinski definition) is 1. The van der Waals surface area contributed by atoms with E-state index in [-0.39, 0.29) is 5.54 Å². The molecule has 1 aromatic carbocycles. The predicted octanol–water partition coefficient (Wildman–Crippen LogP) is 5.07. The number of pyridine rings is 1. The topological polar surface area (TPSA) is 34.1 Å². The Bertz CT molecular complexity index is 607. The van der Waals surface area contributed by atoms with Crippen LogP contribution in [0.1, 0.15) is 26.3 Å². The van der Waals surface area contributed by atoms with Crippen LogP contribution in [0.2, 0.25) is 10.0 Å². The molecule has 0 unspecified atom stereocenters. The molecule has 0 bridgehead atoms. The van der Waals surface area contributed by atoms with Crippen LogP contribution in [-0.4, -0.2) is 10.5 Å². The lowest BCUT2D eigenvalue weighted by Gasteiger charge is -2.21. The first-order chi connectivity index (χ1) is 9.83. The van der Waals surface area contributed by atoms with Crippen molar-refractivity contribution in [2.24, 2.45) is 0 Å². The summed E-state index contributed by atoms with van der Waals surface area (Å²) in [5.74, 6) is 1.19. The molecule has 0 saturated carbocycles. The zero-order chi connectivity index (χ0) is 15.5. The molecule has 3 nitrogen and oxygen atoms in total. The van der Waals surface area contributed by atoms with Crippen molar-refractivity contribution in [3.63, 3.8) is 0 Å².